The predicted octanol–water partition coefficient (Wildman–Crippen LogP) is 10.5. The van der Waals surface area contributed by atoms with Crippen molar-refractivity contribution in [3.05, 3.63) is 91.9 Å². The van der Waals surface area contributed by atoms with E-state index in [0.717, 1.165) is 33.9 Å². The van der Waals surface area contributed by atoms with Gasteiger partial charge in [0.2, 0.25) is 10.7 Å². The number of thiophene rings is 2. The fraction of sp³-hybridized carbons (Fsp3) is 0.250. The summed E-state index contributed by atoms with van der Waals surface area (Å²) in [6.45, 7) is 21.9. The van der Waals surface area contributed by atoms with E-state index in [1.54, 1.807) is 13.8 Å². The lowest BCUT2D eigenvalue weighted by atomic mass is 10.2. The Morgan fingerprint density at radius 3 is 1.95 bits per heavy atom. The Labute approximate surface area is 266 Å². The van der Waals surface area contributed by atoms with Crippen LogP contribution in [0.2, 0.25) is 0 Å². The third-order valence-corrected chi connectivity index (χ3v) is 8.57. The highest BCUT2D eigenvalue weighted by Gasteiger charge is 2.16. The quantitative estimate of drug-likeness (QED) is 0.158. The van der Waals surface area contributed by atoms with Crippen LogP contribution in [-0.2, 0) is 0 Å². The lowest BCUT2D eigenvalue weighted by Gasteiger charge is -2.15. The number of rotatable bonds is 6. The van der Waals surface area contributed by atoms with Gasteiger partial charge < -0.3 is 9.80 Å². The molecule has 0 aliphatic rings. The average molecular weight is 619 g/mol. The summed E-state index contributed by atoms with van der Waals surface area (Å²) < 4.78 is 0. The van der Waals surface area contributed by atoms with Gasteiger partial charge >= 0.3 is 0 Å². The molecule has 0 atom stereocenters. The molecule has 0 saturated heterocycles. The van der Waals surface area contributed by atoms with Crippen molar-refractivity contribution in [2.75, 3.05) is 38.0 Å². The van der Waals surface area contributed by atoms with E-state index in [0.29, 0.717) is 42.3 Å². The summed E-state index contributed by atoms with van der Waals surface area (Å²) in [5, 5.41) is 36.6. The van der Waals surface area contributed by atoms with Crippen molar-refractivity contribution >= 4 is 66.1 Å². The minimum Gasteiger partial charge on any atom is -0.378 e. The van der Waals surface area contributed by atoms with E-state index in [-0.39, 0.29) is 0 Å². The Morgan fingerprint density at radius 2 is 1.39 bits per heavy atom. The van der Waals surface area contributed by atoms with Gasteiger partial charge in [0.25, 0.3) is 0 Å². The van der Waals surface area contributed by atoms with Crippen molar-refractivity contribution in [3.63, 3.8) is 0 Å². The van der Waals surface area contributed by atoms with Crippen molar-refractivity contribution in [2.24, 2.45) is 20.5 Å². The summed E-state index contributed by atoms with van der Waals surface area (Å²) in [5.74, 6) is 0. The molecule has 2 aromatic heterocycles. The third-order valence-electron chi connectivity index (χ3n) is 6.43. The Balaban J connectivity index is 0.000000240. The van der Waals surface area contributed by atoms with Gasteiger partial charge in [-0.3, -0.25) is 0 Å². The van der Waals surface area contributed by atoms with Crippen LogP contribution < -0.4 is 9.80 Å². The molecule has 4 aromatic rings. The Kier molecular flexibility index (Phi) is 11.0. The fourth-order valence-corrected chi connectivity index (χ4v) is 5.63. The number of nitrogens with zero attached hydrogens (tertiary/aromatic N) is 10. The molecule has 0 bridgehead atoms. The van der Waals surface area contributed by atoms with Crippen molar-refractivity contribution in [2.45, 2.75) is 27.7 Å². The van der Waals surface area contributed by atoms with Gasteiger partial charge in [-0.2, -0.15) is 15.6 Å². The first kappa shape index (κ1) is 33.1. The predicted molar refractivity (Wildman–Crippen MR) is 179 cm³/mol. The van der Waals surface area contributed by atoms with E-state index in [2.05, 4.69) is 42.3 Å². The first-order valence-corrected chi connectivity index (χ1v) is 14.8. The molecule has 0 saturated carbocycles. The number of hydrogen-bond donors (Lipinski definition) is 0. The molecule has 0 amide bonds. The Hall–Kier alpha value is -5.40. The number of anilines is 2. The molecule has 0 spiro atoms. The topological polar surface area (TPSA) is 112 Å². The van der Waals surface area contributed by atoms with Crippen molar-refractivity contribution in [1.82, 2.24) is 0 Å². The molecule has 44 heavy (non-hydrogen) atoms. The highest BCUT2D eigenvalue weighted by atomic mass is 32.1. The van der Waals surface area contributed by atoms with E-state index >= 15 is 0 Å². The van der Waals surface area contributed by atoms with Gasteiger partial charge in [-0.25, -0.2) is 9.69 Å². The normalized spacial score (nSPS) is 10.5. The molecule has 2 heterocycles. The molecule has 0 aliphatic heterocycles. The van der Waals surface area contributed by atoms with Crippen LogP contribution in [0.4, 0.5) is 43.4 Å². The smallest absolute Gasteiger partial charge is 0.247 e. The highest BCUT2D eigenvalue weighted by Crippen LogP contribution is 2.43. The zero-order valence-electron chi connectivity index (χ0n) is 25.8. The number of hydrogen-bond acceptors (Lipinski definition) is 10. The Bertz CT molecular complexity index is 1920. The van der Waals surface area contributed by atoms with Gasteiger partial charge in [0.05, 0.1) is 35.0 Å². The molecule has 220 valence electrons. The summed E-state index contributed by atoms with van der Waals surface area (Å²) in [7, 11) is 7.85. The number of azo groups is 2. The van der Waals surface area contributed by atoms with Gasteiger partial charge in [0.1, 0.15) is 27.8 Å². The molecule has 10 nitrogen and oxygen atoms in total. The molecular formula is C32H30N10S2. The zero-order chi connectivity index (χ0) is 32.6. The number of benzene rings is 2. The second-order valence-corrected chi connectivity index (χ2v) is 12.0. The van der Waals surface area contributed by atoms with Gasteiger partial charge in [-0.05, 0) is 80.3 Å². The van der Waals surface area contributed by atoms with Gasteiger partial charge in [-0.1, -0.05) is 6.07 Å². The van der Waals surface area contributed by atoms with Gasteiger partial charge in [0, 0.05) is 33.9 Å². The van der Waals surface area contributed by atoms with Crippen molar-refractivity contribution in [1.29, 1.82) is 10.5 Å². The number of nitriles is 2. The first-order valence-electron chi connectivity index (χ1n) is 13.2. The summed E-state index contributed by atoms with van der Waals surface area (Å²) in [6, 6.07) is 16.0. The van der Waals surface area contributed by atoms with Crippen LogP contribution in [0.25, 0.3) is 9.69 Å². The molecule has 4 rings (SSSR count). The van der Waals surface area contributed by atoms with E-state index < -0.39 is 0 Å². The lowest BCUT2D eigenvalue weighted by Crippen LogP contribution is -2.08. The highest BCUT2D eigenvalue weighted by molar-refractivity contribution is 7.20. The second-order valence-electron chi connectivity index (χ2n) is 10.0. The van der Waals surface area contributed by atoms with Crippen LogP contribution in [0.5, 0.6) is 0 Å². The zero-order valence-corrected chi connectivity index (χ0v) is 27.4. The standard InChI is InChI=1S/2C16H15N5S/c1-10-8-12(21(4)5)6-7-14(10)19-20-16-13(9-17)11(2)15(18-3)22-16;1-10-6-7-12(13(8-10)21(4)5)19-20-16-15(18-3)11(2)14(9-17)22-16/h2*6-8H,1-2,4-5H3. The van der Waals surface area contributed by atoms with E-state index in [1.165, 1.54) is 22.7 Å². The van der Waals surface area contributed by atoms with Gasteiger partial charge in [-0.15, -0.1) is 38.0 Å². The van der Waals surface area contributed by atoms with Crippen LogP contribution >= 0.6 is 22.7 Å². The fourth-order valence-electron chi connectivity index (χ4n) is 3.90. The van der Waals surface area contributed by atoms with Crippen LogP contribution in [0.3, 0.4) is 0 Å². The lowest BCUT2D eigenvalue weighted by molar-refractivity contribution is 1.11. The van der Waals surface area contributed by atoms with Crippen LogP contribution in [0.1, 0.15) is 32.7 Å². The van der Waals surface area contributed by atoms with Gasteiger partial charge in [0.15, 0.2) is 0 Å². The molecule has 0 aliphatic carbocycles. The molecular weight excluding hydrogens is 589 g/mol. The van der Waals surface area contributed by atoms with E-state index in [4.69, 9.17) is 18.4 Å². The molecule has 0 radical (unpaired) electrons. The molecule has 12 heteroatoms. The first-order chi connectivity index (χ1) is 20.9. The monoisotopic (exact) mass is 618 g/mol. The minimum atomic E-state index is 0.406. The maximum absolute atomic E-state index is 9.20. The Morgan fingerprint density at radius 1 is 0.727 bits per heavy atom. The summed E-state index contributed by atoms with van der Waals surface area (Å²) in [4.78, 5) is 11.4. The summed E-state index contributed by atoms with van der Waals surface area (Å²) in [5.41, 5.74) is 7.88. The second kappa shape index (κ2) is 14.7. The largest absolute Gasteiger partial charge is 0.378 e. The average Bonchev–Trinajstić information content (AvgIpc) is 3.49. The summed E-state index contributed by atoms with van der Waals surface area (Å²) >= 11 is 2.40. The SMILES string of the molecule is [C-]#[N+]c1c(N=Nc2ccc(C)cc2N(C)C)sc(C#N)c1C.[C-]#[N+]c1sc(N=Nc2ccc(N(C)C)cc2C)c(C#N)c1C. The van der Waals surface area contributed by atoms with Crippen molar-refractivity contribution < 1.29 is 0 Å². The maximum atomic E-state index is 9.20. The molecule has 0 N–H and O–H groups in total. The van der Waals surface area contributed by atoms with Crippen LogP contribution in [-0.4, -0.2) is 28.2 Å². The minimum absolute atomic E-state index is 0.406. The van der Waals surface area contributed by atoms with Crippen LogP contribution in [0.15, 0.2) is 56.9 Å². The molecule has 0 fully saturated rings. The molecule has 0 unspecified atom stereocenters. The molecule has 2 aromatic carbocycles. The maximum Gasteiger partial charge on any atom is 0.247 e. The van der Waals surface area contributed by atoms with E-state index in [1.807, 2.05) is 88.2 Å². The summed E-state index contributed by atoms with van der Waals surface area (Å²) in [6.07, 6.45) is 0. The van der Waals surface area contributed by atoms with E-state index in [9.17, 15) is 5.26 Å². The number of aryl methyl sites for hydroxylation is 2. The van der Waals surface area contributed by atoms with Crippen molar-refractivity contribution in [3.8, 4) is 12.1 Å². The third kappa shape index (κ3) is 7.51. The van der Waals surface area contributed by atoms with Crippen LogP contribution in [0, 0.1) is 63.5 Å².